The lowest BCUT2D eigenvalue weighted by atomic mass is 10.2. The Morgan fingerprint density at radius 2 is 2.00 bits per heavy atom. The molecular formula is C14H15FN2O. The molecule has 0 amide bonds. The second-order valence-electron chi connectivity index (χ2n) is 3.99. The van der Waals surface area contributed by atoms with E-state index in [1.54, 1.807) is 12.1 Å². The molecule has 0 unspecified atom stereocenters. The molecule has 3 nitrogen and oxygen atoms in total. The van der Waals surface area contributed by atoms with Gasteiger partial charge < -0.3 is 10.5 Å². The molecule has 2 rings (SSSR count). The Morgan fingerprint density at radius 1 is 1.22 bits per heavy atom. The summed E-state index contributed by atoms with van der Waals surface area (Å²) < 4.78 is 19.1. The van der Waals surface area contributed by atoms with Crippen molar-refractivity contribution in [1.82, 2.24) is 4.98 Å². The van der Waals surface area contributed by atoms with Crippen molar-refractivity contribution >= 4 is 0 Å². The summed E-state index contributed by atoms with van der Waals surface area (Å²) in [6, 6.07) is 10.4. The van der Waals surface area contributed by atoms with E-state index in [1.165, 1.54) is 6.07 Å². The molecule has 1 aromatic heterocycles. The van der Waals surface area contributed by atoms with Crippen LogP contribution in [0.2, 0.25) is 0 Å². The summed E-state index contributed by atoms with van der Waals surface area (Å²) in [6.07, 6.45) is 0. The van der Waals surface area contributed by atoms with E-state index in [-0.39, 0.29) is 18.9 Å². The molecule has 0 atom stereocenters. The summed E-state index contributed by atoms with van der Waals surface area (Å²) in [4.78, 5) is 4.29. The van der Waals surface area contributed by atoms with Crippen LogP contribution in [0.25, 0.3) is 0 Å². The minimum Gasteiger partial charge on any atom is -0.484 e. The molecule has 0 saturated heterocycles. The number of rotatable bonds is 4. The summed E-state index contributed by atoms with van der Waals surface area (Å²) >= 11 is 0. The minimum absolute atomic E-state index is 0.211. The fraction of sp³-hybridized carbons (Fsp3) is 0.214. The first-order chi connectivity index (χ1) is 8.70. The van der Waals surface area contributed by atoms with E-state index in [1.807, 2.05) is 25.1 Å². The fourth-order valence-electron chi connectivity index (χ4n) is 1.70. The van der Waals surface area contributed by atoms with E-state index < -0.39 is 5.82 Å². The molecule has 2 aromatic rings. The molecule has 94 valence electrons. The van der Waals surface area contributed by atoms with Crippen LogP contribution in [0.3, 0.4) is 0 Å². The maximum Gasteiger partial charge on any atom is 0.165 e. The second kappa shape index (κ2) is 5.60. The van der Waals surface area contributed by atoms with Crippen LogP contribution in [-0.2, 0) is 13.2 Å². The second-order valence-corrected chi connectivity index (χ2v) is 3.99. The first kappa shape index (κ1) is 12.5. The number of ether oxygens (including phenoxy) is 1. The zero-order chi connectivity index (χ0) is 13.0. The van der Waals surface area contributed by atoms with Crippen molar-refractivity contribution in [3.63, 3.8) is 0 Å². The van der Waals surface area contributed by atoms with E-state index in [0.717, 1.165) is 11.4 Å². The molecule has 0 fully saturated rings. The smallest absolute Gasteiger partial charge is 0.165 e. The normalized spacial score (nSPS) is 10.4. The topological polar surface area (TPSA) is 48.1 Å². The van der Waals surface area contributed by atoms with Crippen molar-refractivity contribution < 1.29 is 9.13 Å². The van der Waals surface area contributed by atoms with Gasteiger partial charge in [-0.2, -0.15) is 0 Å². The predicted molar refractivity (Wildman–Crippen MR) is 67.6 cm³/mol. The number of para-hydroxylation sites is 1. The maximum atomic E-state index is 13.6. The number of nitrogens with two attached hydrogens (primary N) is 1. The van der Waals surface area contributed by atoms with Gasteiger partial charge in [-0.1, -0.05) is 18.2 Å². The van der Waals surface area contributed by atoms with Gasteiger partial charge in [0.05, 0.1) is 5.69 Å². The van der Waals surface area contributed by atoms with Crippen LogP contribution >= 0.6 is 0 Å². The number of aromatic nitrogens is 1. The highest BCUT2D eigenvalue weighted by molar-refractivity contribution is 5.34. The molecule has 0 bridgehead atoms. The Morgan fingerprint density at radius 3 is 2.72 bits per heavy atom. The van der Waals surface area contributed by atoms with Crippen LogP contribution in [0.15, 0.2) is 36.4 Å². The highest BCUT2D eigenvalue weighted by Gasteiger charge is 2.09. The van der Waals surface area contributed by atoms with Gasteiger partial charge in [-0.3, -0.25) is 4.98 Å². The lowest BCUT2D eigenvalue weighted by Crippen LogP contribution is -2.05. The summed E-state index contributed by atoms with van der Waals surface area (Å²) in [5.74, 6) is -0.186. The highest BCUT2D eigenvalue weighted by atomic mass is 19.1. The third-order valence-corrected chi connectivity index (χ3v) is 2.58. The average molecular weight is 246 g/mol. The highest BCUT2D eigenvalue weighted by Crippen LogP contribution is 2.23. The number of pyridine rings is 1. The van der Waals surface area contributed by atoms with Crippen molar-refractivity contribution in [3.8, 4) is 5.75 Å². The average Bonchev–Trinajstić information content (AvgIpc) is 2.37. The first-order valence-corrected chi connectivity index (χ1v) is 5.73. The van der Waals surface area contributed by atoms with E-state index in [2.05, 4.69) is 4.98 Å². The van der Waals surface area contributed by atoms with Crippen LogP contribution in [-0.4, -0.2) is 4.98 Å². The third kappa shape index (κ3) is 2.84. The van der Waals surface area contributed by atoms with Crippen molar-refractivity contribution in [2.24, 2.45) is 5.73 Å². The van der Waals surface area contributed by atoms with Gasteiger partial charge >= 0.3 is 0 Å². The lowest BCUT2D eigenvalue weighted by Gasteiger charge is -2.11. The van der Waals surface area contributed by atoms with Crippen LogP contribution in [0, 0.1) is 12.7 Å². The fourth-order valence-corrected chi connectivity index (χ4v) is 1.70. The molecule has 1 aromatic carbocycles. The van der Waals surface area contributed by atoms with Crippen molar-refractivity contribution in [1.29, 1.82) is 0 Å². The SMILES string of the molecule is Cc1cccc(COc2c(F)cccc2CN)n1. The van der Waals surface area contributed by atoms with Gasteiger partial charge in [-0.15, -0.1) is 0 Å². The number of aryl methyl sites for hydroxylation is 1. The van der Waals surface area contributed by atoms with Crippen LogP contribution in [0.1, 0.15) is 17.0 Å². The molecule has 0 aliphatic rings. The minimum atomic E-state index is -0.398. The molecule has 0 aliphatic carbocycles. The number of hydrogen-bond acceptors (Lipinski definition) is 3. The molecule has 18 heavy (non-hydrogen) atoms. The quantitative estimate of drug-likeness (QED) is 0.902. The number of halogens is 1. The zero-order valence-corrected chi connectivity index (χ0v) is 10.2. The van der Waals surface area contributed by atoms with Crippen LogP contribution in [0.5, 0.6) is 5.75 Å². The Bertz CT molecular complexity index is 543. The maximum absolute atomic E-state index is 13.6. The Balaban J connectivity index is 2.15. The van der Waals surface area contributed by atoms with Crippen LogP contribution < -0.4 is 10.5 Å². The van der Waals surface area contributed by atoms with Crippen molar-refractivity contribution in [3.05, 3.63) is 59.2 Å². The lowest BCUT2D eigenvalue weighted by molar-refractivity contribution is 0.282. The van der Waals surface area contributed by atoms with Gasteiger partial charge in [0, 0.05) is 17.8 Å². The van der Waals surface area contributed by atoms with Crippen molar-refractivity contribution in [2.75, 3.05) is 0 Å². The van der Waals surface area contributed by atoms with Gasteiger partial charge in [-0.25, -0.2) is 4.39 Å². The Labute approximate surface area is 105 Å². The van der Waals surface area contributed by atoms with E-state index in [9.17, 15) is 4.39 Å². The standard InChI is InChI=1S/C14H15FN2O/c1-10-4-2-6-12(17-10)9-18-14-11(8-16)5-3-7-13(14)15/h2-7H,8-9,16H2,1H3. The molecule has 2 N–H and O–H groups in total. The Hall–Kier alpha value is -1.94. The van der Waals surface area contributed by atoms with Gasteiger partial charge in [0.1, 0.15) is 6.61 Å². The van der Waals surface area contributed by atoms with E-state index in [4.69, 9.17) is 10.5 Å². The van der Waals surface area contributed by atoms with E-state index in [0.29, 0.717) is 5.56 Å². The summed E-state index contributed by atoms with van der Waals surface area (Å²) in [6.45, 7) is 2.38. The molecule has 1 heterocycles. The largest absolute Gasteiger partial charge is 0.484 e. The van der Waals surface area contributed by atoms with Crippen molar-refractivity contribution in [2.45, 2.75) is 20.1 Å². The zero-order valence-electron chi connectivity index (χ0n) is 10.2. The molecule has 4 heteroatoms. The van der Waals surface area contributed by atoms with E-state index >= 15 is 0 Å². The van der Waals surface area contributed by atoms with Gasteiger partial charge in [0.25, 0.3) is 0 Å². The molecular weight excluding hydrogens is 231 g/mol. The number of nitrogens with zero attached hydrogens (tertiary/aromatic N) is 1. The predicted octanol–water partition coefficient (Wildman–Crippen LogP) is 2.57. The Kier molecular flexibility index (Phi) is 3.89. The summed E-state index contributed by atoms with van der Waals surface area (Å²) in [5, 5.41) is 0. The van der Waals surface area contributed by atoms with Gasteiger partial charge in [0.15, 0.2) is 11.6 Å². The van der Waals surface area contributed by atoms with Crippen LogP contribution in [0.4, 0.5) is 4.39 Å². The summed E-state index contributed by atoms with van der Waals surface area (Å²) in [7, 11) is 0. The van der Waals surface area contributed by atoms with Gasteiger partial charge in [-0.05, 0) is 25.1 Å². The molecule has 0 spiro atoms. The third-order valence-electron chi connectivity index (χ3n) is 2.58. The molecule has 0 radical (unpaired) electrons. The monoisotopic (exact) mass is 246 g/mol. The van der Waals surface area contributed by atoms with Gasteiger partial charge in [0.2, 0.25) is 0 Å². The first-order valence-electron chi connectivity index (χ1n) is 5.73. The molecule has 0 aliphatic heterocycles. The summed E-state index contributed by atoms with van der Waals surface area (Å²) in [5.41, 5.74) is 7.88. The molecule has 0 saturated carbocycles. The number of hydrogen-bond donors (Lipinski definition) is 1. The number of benzene rings is 1.